The molecular formula is C88H130BKNaO11. The molecule has 0 bridgehead atoms. The van der Waals surface area contributed by atoms with Crippen LogP contribution >= 0.6 is 0 Å². The number of fused-ring (bicyclic) bond motifs is 20. The number of allylic oxidation sites excluding steroid dienone is 4. The monoisotopic (exact) mass is 1440 g/mol. The van der Waals surface area contributed by atoms with Crippen LogP contribution in [-0.2, 0) is 4.79 Å². The van der Waals surface area contributed by atoms with Gasteiger partial charge in [-0.3, -0.25) is 4.79 Å². The molecule has 12 unspecified atom stereocenters. The van der Waals surface area contributed by atoms with Gasteiger partial charge in [-0.1, -0.05) is 140 Å². The molecule has 16 aliphatic rings. The average molecular weight is 1440 g/mol. The number of ketones is 1. The summed E-state index contributed by atoms with van der Waals surface area (Å²) in [7, 11) is 1.00. The minimum absolute atomic E-state index is 0. The van der Waals surface area contributed by atoms with E-state index in [0.717, 1.165) is 128 Å². The average Bonchev–Trinajstić information content (AvgIpc) is 1.65. The van der Waals surface area contributed by atoms with Gasteiger partial charge in [-0.15, -0.1) is 25.7 Å². The molecule has 11 nitrogen and oxygen atoms in total. The first-order valence-electron chi connectivity index (χ1n) is 39.4. The van der Waals surface area contributed by atoms with E-state index in [-0.39, 0.29) is 193 Å². The maximum absolute atomic E-state index is 13.1. The second-order valence-corrected chi connectivity index (χ2v) is 38.3. The summed E-state index contributed by atoms with van der Waals surface area (Å²) < 4.78 is 0. The maximum atomic E-state index is 13.1. The summed E-state index contributed by atoms with van der Waals surface area (Å²) in [5.41, 5.74) is 1.29. The van der Waals surface area contributed by atoms with E-state index in [0.29, 0.717) is 79.3 Å². The van der Waals surface area contributed by atoms with Crippen molar-refractivity contribution in [1.29, 1.82) is 0 Å². The van der Waals surface area contributed by atoms with Gasteiger partial charge < -0.3 is 52.9 Å². The molecule has 0 amide bonds. The normalized spacial score (nSPS) is 52.5. The van der Waals surface area contributed by atoms with Crippen LogP contribution in [0.4, 0.5) is 0 Å². The summed E-state index contributed by atoms with van der Waals surface area (Å²) in [6.07, 6.45) is 57.7. The Labute approximate surface area is 684 Å². The van der Waals surface area contributed by atoms with Crippen LogP contribution in [0.1, 0.15) is 257 Å². The number of terminal acetylenes is 4. The van der Waals surface area contributed by atoms with Crippen LogP contribution < -0.4 is 80.9 Å². The Morgan fingerprint density at radius 3 is 0.961 bits per heavy atom. The number of carbonyl (C=O) groups excluding carboxylic acids is 1. The van der Waals surface area contributed by atoms with E-state index >= 15 is 0 Å². The van der Waals surface area contributed by atoms with Crippen molar-refractivity contribution in [2.75, 3.05) is 7.11 Å². The summed E-state index contributed by atoms with van der Waals surface area (Å²) >= 11 is 0. The van der Waals surface area contributed by atoms with Gasteiger partial charge in [0.15, 0.2) is 5.78 Å². The van der Waals surface area contributed by atoms with E-state index in [4.69, 9.17) is 30.8 Å². The molecule has 102 heavy (non-hydrogen) atoms. The second kappa shape index (κ2) is 30.7. The molecular weight excluding hydrogens is 1310 g/mol. The van der Waals surface area contributed by atoms with Gasteiger partial charge in [0.1, 0.15) is 22.4 Å². The summed E-state index contributed by atoms with van der Waals surface area (Å²) in [5.74, 6) is 17.2. The van der Waals surface area contributed by atoms with Crippen LogP contribution in [0.2, 0.25) is 0 Å². The predicted octanol–water partition coefficient (Wildman–Crippen LogP) is 7.79. The second-order valence-electron chi connectivity index (χ2n) is 38.3. The quantitative estimate of drug-likeness (QED) is 0.0646. The van der Waals surface area contributed by atoms with Crippen molar-refractivity contribution in [3.8, 4) is 49.4 Å². The van der Waals surface area contributed by atoms with Crippen LogP contribution in [-0.4, -0.2) is 120 Å². The molecule has 12 saturated carbocycles. The summed E-state index contributed by atoms with van der Waals surface area (Å²) in [6, 6.07) is 0. The van der Waals surface area contributed by atoms with E-state index in [1.807, 2.05) is 12.2 Å². The molecule has 0 heterocycles. The first kappa shape index (κ1) is 86.8. The molecule has 12 fully saturated rings. The Hall–Kier alpha value is -0.829. The van der Waals surface area contributed by atoms with Gasteiger partial charge >= 0.3 is 80.9 Å². The van der Waals surface area contributed by atoms with Crippen molar-refractivity contribution in [2.45, 2.75) is 303 Å². The largest absolute Gasteiger partial charge is 1.00 e. The fraction of sp³-hybridized carbons (Fsp3) is 0.807. The van der Waals surface area contributed by atoms with Gasteiger partial charge in [0.05, 0.1) is 24.4 Å². The number of aliphatic hydroxyl groups excluding tert-OH is 5. The zero-order valence-electron chi connectivity index (χ0n) is 66.3. The number of hydrogen-bond acceptors (Lipinski definition) is 11. The molecule has 0 aromatic carbocycles. The Bertz CT molecular complexity index is 3160. The number of hydrogen-bond donors (Lipinski definition) is 9. The van der Waals surface area contributed by atoms with E-state index in [9.17, 15) is 45.6 Å². The van der Waals surface area contributed by atoms with Gasteiger partial charge in [0, 0.05) is 43.1 Å². The SMILES string of the molecule is C#C[C@]1(O)CCC2C3C(=O)C=C4C[C@@H](C)CC[C@]4(C)C3CC[C@@]21C.C#C[C@]1(O)CCC2C3C(CC[C@@]21C)[C@@]1(C)CC[C@H](C)CC1=C[C@@H]3O.C#C[C@]1(O)CCC2C3C(CC[C@@]21C)[C@@]1(C)CC[C@H](C)CC1=C[C@@H]3O.C#C[C@]1(O)CCC2C3C(CC[C@@]21C)[C@@]1(C)CC[C@H](O)CC1=C[C@@H]3O.CO.[B].[H-].[K+].[Na+].[OH-]. The van der Waals surface area contributed by atoms with Crippen molar-refractivity contribution in [2.24, 2.45) is 132 Å². The molecule has 0 aliphatic heterocycles. The van der Waals surface area contributed by atoms with Crippen LogP contribution in [0, 0.1) is 181 Å². The first-order valence-corrected chi connectivity index (χ1v) is 39.4. The predicted molar refractivity (Wildman–Crippen MR) is 397 cm³/mol. The third kappa shape index (κ3) is 13.0. The van der Waals surface area contributed by atoms with Crippen molar-refractivity contribution in [3.63, 3.8) is 0 Å². The molecule has 3 radical (unpaired) electrons. The van der Waals surface area contributed by atoms with E-state index < -0.39 is 28.5 Å². The van der Waals surface area contributed by atoms with Gasteiger partial charge in [-0.25, -0.2) is 0 Å². The topological polar surface area (TPSA) is 229 Å². The standard InChI is InChI=1S/2C22H32O2.C22H30O2.C21H30O3.CH4O.B.K.Na.H2O.H/c3*1-5-22(24)11-8-17-19-16(7-10-21(17,22)4)20(3)9-6-14(2)12-15(20)13-18(19)23;1-4-21(24)10-7-16-18-15(6-9-20(16,21)3)19(2)8-5-14(22)11-13(19)12-17(18)23;1-2;;;;;/h2*1,13-14,16-19,23-24H,6-12H2,2-4H3;1,13-14,16-17,19,24H,6-12H2,2-4H3;1,12,14-18,22-24H,5-11H2,2-3H3;2H,1H3;;;;1H2;/q;;;;;;2*+1;;-1/p-1/t2*14-,16?,17?,18-,19?,20-,21-,22-;14-,16?,17?,19?,20-,21-,22-;14-,15?,16?,17-,18?,19-,20-,21-;;;;;;/m0000....../s1. The zero-order valence-corrected chi connectivity index (χ0v) is 70.5. The molecule has 31 atom stereocenters. The summed E-state index contributed by atoms with van der Waals surface area (Å²) in [4.78, 5) is 13.1. The van der Waals surface area contributed by atoms with Crippen LogP contribution in [0.3, 0.4) is 0 Å². The molecule has 16 aliphatic carbocycles. The third-order valence-corrected chi connectivity index (χ3v) is 34.6. The molecule has 10 N–H and O–H groups in total. The Morgan fingerprint density at radius 2 is 0.637 bits per heavy atom. The van der Waals surface area contributed by atoms with E-state index in [1.165, 1.54) is 60.8 Å². The Kier molecular flexibility index (Phi) is 26.1. The van der Waals surface area contributed by atoms with Crippen LogP contribution in [0.25, 0.3) is 0 Å². The first-order chi connectivity index (χ1) is 46.0. The minimum atomic E-state index is -1.03. The summed E-state index contributed by atoms with van der Waals surface area (Å²) in [5, 5.41) is 94.1. The molecule has 0 aromatic heterocycles. The van der Waals surface area contributed by atoms with Crippen molar-refractivity contribution in [1.82, 2.24) is 0 Å². The minimum Gasteiger partial charge on any atom is -1.00 e. The molecule has 0 aromatic rings. The van der Waals surface area contributed by atoms with Gasteiger partial charge in [0.25, 0.3) is 0 Å². The molecule has 14 heteroatoms. The number of carbonyl (C=O) groups is 1. The van der Waals surface area contributed by atoms with Gasteiger partial charge in [-0.05, 0) is 290 Å². The smallest absolute Gasteiger partial charge is 1.00 e. The van der Waals surface area contributed by atoms with Crippen molar-refractivity contribution in [3.05, 3.63) is 46.6 Å². The van der Waals surface area contributed by atoms with Crippen molar-refractivity contribution >= 4 is 14.2 Å². The van der Waals surface area contributed by atoms with Crippen LogP contribution in [0.5, 0.6) is 0 Å². The Morgan fingerprint density at radius 1 is 0.382 bits per heavy atom. The molecule has 0 spiro atoms. The van der Waals surface area contributed by atoms with E-state index in [2.05, 4.69) is 112 Å². The fourth-order valence-electron chi connectivity index (χ4n) is 27.9. The molecule has 553 valence electrons. The Balaban J connectivity index is 0.000000188. The summed E-state index contributed by atoms with van der Waals surface area (Å²) in [6.45, 7) is 25.2. The molecule has 16 rings (SSSR count). The maximum Gasteiger partial charge on any atom is 1.00 e. The number of aliphatic hydroxyl groups is 9. The number of rotatable bonds is 0. The van der Waals surface area contributed by atoms with Gasteiger partial charge in [0.2, 0.25) is 0 Å². The van der Waals surface area contributed by atoms with Gasteiger partial charge in [-0.2, -0.15) is 0 Å². The zero-order chi connectivity index (χ0) is 71.3. The molecule has 0 saturated heterocycles. The fourth-order valence-corrected chi connectivity index (χ4v) is 27.9. The van der Waals surface area contributed by atoms with Crippen molar-refractivity contribution < 1.29 is 139 Å². The van der Waals surface area contributed by atoms with Crippen LogP contribution in [0.15, 0.2) is 46.6 Å². The van der Waals surface area contributed by atoms with E-state index in [1.54, 1.807) is 0 Å². The third-order valence-electron chi connectivity index (χ3n) is 34.6.